The van der Waals surface area contributed by atoms with Gasteiger partial charge in [-0.1, -0.05) is 6.07 Å². The molecule has 0 unspecified atom stereocenters. The first-order valence-corrected chi connectivity index (χ1v) is 5.40. The molecule has 7 nitrogen and oxygen atoms in total. The minimum atomic E-state index is -0.879. The molecule has 0 aliphatic heterocycles. The number of hydrogen-bond donors (Lipinski definition) is 2. The summed E-state index contributed by atoms with van der Waals surface area (Å²) in [4.78, 5) is 20.6. The molecule has 3 N–H and O–H groups in total. The van der Waals surface area contributed by atoms with Crippen molar-refractivity contribution in [2.75, 3.05) is 18.5 Å². The molecule has 1 aromatic rings. The number of nitro groups is 1. The Morgan fingerprint density at radius 2 is 2.29 bits per heavy atom. The average molecular weight is 304 g/mol. The zero-order valence-corrected chi connectivity index (χ0v) is 10.3. The van der Waals surface area contributed by atoms with Gasteiger partial charge in [-0.05, 0) is 28.1 Å². The van der Waals surface area contributed by atoms with E-state index < -0.39 is 11.0 Å². The molecule has 1 aromatic carbocycles. The predicted octanol–water partition coefficient (Wildman–Crippen LogP) is 1.86. The van der Waals surface area contributed by atoms with Crippen molar-refractivity contribution in [3.05, 3.63) is 32.8 Å². The maximum atomic E-state index is 10.8. The van der Waals surface area contributed by atoms with E-state index in [9.17, 15) is 14.9 Å². The predicted molar refractivity (Wildman–Crippen MR) is 64.8 cm³/mol. The lowest BCUT2D eigenvalue weighted by Crippen LogP contribution is -2.18. The van der Waals surface area contributed by atoms with Gasteiger partial charge >= 0.3 is 11.8 Å². The number of nitrogens with zero attached hydrogens (tertiary/aromatic N) is 1. The van der Waals surface area contributed by atoms with E-state index in [1.54, 1.807) is 18.2 Å². The maximum Gasteiger partial charge on any atom is 0.404 e. The second kappa shape index (κ2) is 6.04. The van der Waals surface area contributed by atoms with Crippen molar-refractivity contribution in [1.29, 1.82) is 0 Å². The molecular weight excluding hydrogens is 294 g/mol. The minimum absolute atomic E-state index is 0.0407. The Morgan fingerprint density at radius 3 is 2.88 bits per heavy atom. The van der Waals surface area contributed by atoms with Gasteiger partial charge in [-0.25, -0.2) is 4.79 Å². The molecule has 0 aromatic heterocycles. The number of carbonyl (C=O) groups excluding carboxylic acids is 1. The zero-order chi connectivity index (χ0) is 12.8. The third-order valence-electron chi connectivity index (χ3n) is 1.83. The highest BCUT2D eigenvalue weighted by Crippen LogP contribution is 2.32. The molecule has 1 amide bonds. The number of nitro benzene ring substituents is 1. The van der Waals surface area contributed by atoms with Gasteiger partial charge in [-0.15, -0.1) is 0 Å². The maximum absolute atomic E-state index is 10.8. The summed E-state index contributed by atoms with van der Waals surface area (Å²) in [7, 11) is 0. The van der Waals surface area contributed by atoms with Crippen molar-refractivity contribution in [2.45, 2.75) is 0 Å². The molecule has 17 heavy (non-hydrogen) atoms. The molecule has 0 spiro atoms. The first-order valence-electron chi connectivity index (χ1n) is 4.61. The lowest BCUT2D eigenvalue weighted by atomic mass is 10.2. The molecule has 8 heteroatoms. The van der Waals surface area contributed by atoms with Crippen LogP contribution in [0.3, 0.4) is 0 Å². The Bertz CT molecular complexity index is 438. The number of primary amides is 1. The van der Waals surface area contributed by atoms with Gasteiger partial charge in [0.25, 0.3) is 0 Å². The van der Waals surface area contributed by atoms with Gasteiger partial charge in [-0.3, -0.25) is 10.1 Å². The number of anilines is 1. The van der Waals surface area contributed by atoms with Gasteiger partial charge in [0.1, 0.15) is 12.3 Å². The van der Waals surface area contributed by atoms with Crippen molar-refractivity contribution in [3.63, 3.8) is 0 Å². The number of rotatable bonds is 5. The van der Waals surface area contributed by atoms with Gasteiger partial charge in [-0.2, -0.15) is 0 Å². The van der Waals surface area contributed by atoms with Gasteiger partial charge in [0.05, 0.1) is 9.40 Å². The molecule has 1 rings (SSSR count). The first-order chi connectivity index (χ1) is 8.02. The number of halogens is 1. The van der Waals surface area contributed by atoms with Crippen LogP contribution in [0.15, 0.2) is 22.7 Å². The van der Waals surface area contributed by atoms with Crippen molar-refractivity contribution in [1.82, 2.24) is 0 Å². The number of para-hydroxylation sites is 1. The van der Waals surface area contributed by atoms with Crippen LogP contribution in [0.2, 0.25) is 0 Å². The zero-order valence-electron chi connectivity index (χ0n) is 8.68. The number of amides is 1. The van der Waals surface area contributed by atoms with E-state index in [-0.39, 0.29) is 18.8 Å². The number of carbonyl (C=O) groups is 1. The van der Waals surface area contributed by atoms with E-state index in [1.807, 2.05) is 0 Å². The number of ether oxygens (including phenoxy) is 1. The second-order valence-electron chi connectivity index (χ2n) is 2.99. The van der Waals surface area contributed by atoms with Crippen molar-refractivity contribution in [2.24, 2.45) is 5.73 Å². The Hall–Kier alpha value is -1.83. The molecule has 0 fully saturated rings. The highest BCUT2D eigenvalue weighted by Gasteiger charge is 2.17. The van der Waals surface area contributed by atoms with E-state index in [0.717, 1.165) is 0 Å². The summed E-state index contributed by atoms with van der Waals surface area (Å²) in [6, 6.07) is 4.80. The van der Waals surface area contributed by atoms with Crippen molar-refractivity contribution < 1.29 is 14.5 Å². The SMILES string of the molecule is NC(=O)OCCNc1cccc(Br)c1[N+](=O)[O-]. The lowest BCUT2D eigenvalue weighted by molar-refractivity contribution is -0.384. The third kappa shape index (κ3) is 3.91. The van der Waals surface area contributed by atoms with Crippen LogP contribution in [-0.2, 0) is 4.74 Å². The monoisotopic (exact) mass is 303 g/mol. The largest absolute Gasteiger partial charge is 0.448 e. The quantitative estimate of drug-likeness (QED) is 0.490. The van der Waals surface area contributed by atoms with E-state index in [4.69, 9.17) is 5.73 Å². The molecule has 92 valence electrons. The number of nitrogens with two attached hydrogens (primary N) is 1. The molecule has 0 saturated carbocycles. The minimum Gasteiger partial charge on any atom is -0.448 e. The van der Waals surface area contributed by atoms with Crippen LogP contribution < -0.4 is 11.1 Å². The smallest absolute Gasteiger partial charge is 0.404 e. The summed E-state index contributed by atoms with van der Waals surface area (Å²) in [5, 5.41) is 13.6. The van der Waals surface area contributed by atoms with Crippen molar-refractivity contribution in [3.8, 4) is 0 Å². The van der Waals surface area contributed by atoms with Gasteiger partial charge in [0, 0.05) is 6.54 Å². The van der Waals surface area contributed by atoms with Gasteiger partial charge in [0.15, 0.2) is 0 Å². The summed E-state index contributed by atoms with van der Waals surface area (Å²) < 4.78 is 4.87. The van der Waals surface area contributed by atoms with E-state index in [0.29, 0.717) is 10.2 Å². The average Bonchev–Trinajstić information content (AvgIpc) is 2.23. The highest BCUT2D eigenvalue weighted by molar-refractivity contribution is 9.10. The molecule has 0 heterocycles. The Balaban J connectivity index is 2.67. The van der Waals surface area contributed by atoms with Gasteiger partial charge < -0.3 is 15.8 Å². The summed E-state index contributed by atoms with van der Waals surface area (Å²) in [6.45, 7) is 0.277. The molecule has 0 radical (unpaired) electrons. The van der Waals surface area contributed by atoms with Crippen LogP contribution in [0.1, 0.15) is 0 Å². The van der Waals surface area contributed by atoms with Crippen LogP contribution in [0.25, 0.3) is 0 Å². The molecule has 0 bridgehead atoms. The fraction of sp³-hybridized carbons (Fsp3) is 0.222. The fourth-order valence-electron chi connectivity index (χ4n) is 1.18. The van der Waals surface area contributed by atoms with Crippen LogP contribution in [0.4, 0.5) is 16.2 Å². The van der Waals surface area contributed by atoms with Gasteiger partial charge in [0.2, 0.25) is 0 Å². The first kappa shape index (κ1) is 13.2. The number of benzene rings is 1. The Labute approximate surface area is 105 Å². The summed E-state index contributed by atoms with van der Waals surface area (Å²) in [6.07, 6.45) is -0.879. The van der Waals surface area contributed by atoms with Crippen molar-refractivity contribution >= 4 is 33.4 Å². The lowest BCUT2D eigenvalue weighted by Gasteiger charge is -2.07. The summed E-state index contributed by atoms with van der Waals surface area (Å²) in [5.41, 5.74) is 5.05. The standard InChI is InChI=1S/C9H10BrN3O4/c10-6-2-1-3-7(8(6)13(15)16)12-4-5-17-9(11)14/h1-3,12H,4-5H2,(H2,11,14). The van der Waals surface area contributed by atoms with E-state index in [2.05, 4.69) is 26.0 Å². The highest BCUT2D eigenvalue weighted by atomic mass is 79.9. The van der Waals surface area contributed by atoms with Crippen LogP contribution in [0.5, 0.6) is 0 Å². The van der Waals surface area contributed by atoms with E-state index >= 15 is 0 Å². The third-order valence-corrected chi connectivity index (χ3v) is 2.47. The second-order valence-corrected chi connectivity index (χ2v) is 3.84. The van der Waals surface area contributed by atoms with Crippen LogP contribution in [-0.4, -0.2) is 24.2 Å². The summed E-state index contributed by atoms with van der Waals surface area (Å²) >= 11 is 3.09. The Kier molecular flexibility index (Phi) is 4.70. The molecule has 0 saturated heterocycles. The topological polar surface area (TPSA) is 107 Å². The number of hydrogen-bond acceptors (Lipinski definition) is 5. The fourth-order valence-corrected chi connectivity index (χ4v) is 1.69. The van der Waals surface area contributed by atoms with Crippen LogP contribution >= 0.6 is 15.9 Å². The number of nitrogens with one attached hydrogen (secondary N) is 1. The molecule has 0 aliphatic rings. The molecule has 0 atom stereocenters. The molecule has 0 aliphatic carbocycles. The Morgan fingerprint density at radius 1 is 1.59 bits per heavy atom. The summed E-state index contributed by atoms with van der Waals surface area (Å²) in [5.74, 6) is 0. The molecular formula is C9H10BrN3O4. The normalized spacial score (nSPS) is 9.71. The van der Waals surface area contributed by atoms with E-state index in [1.165, 1.54) is 0 Å². The van der Waals surface area contributed by atoms with Crippen LogP contribution in [0, 0.1) is 10.1 Å².